The number of amides is 1. The van der Waals surface area contributed by atoms with E-state index < -0.39 is 0 Å². The van der Waals surface area contributed by atoms with Crippen LogP contribution in [-0.2, 0) is 13.0 Å². The Kier molecular flexibility index (Phi) is 4.59. The molecule has 0 saturated heterocycles. The lowest BCUT2D eigenvalue weighted by Crippen LogP contribution is -2.25. The molecule has 2 rings (SSSR count). The number of carbonyl (C=O) groups excluding carboxylic acids is 1. The maximum Gasteiger partial charge on any atom is 0.264 e. The molecule has 0 aliphatic rings. The zero-order chi connectivity index (χ0) is 13.1. The highest BCUT2D eigenvalue weighted by molar-refractivity contribution is 9.11. The molecule has 0 aliphatic heterocycles. The fourth-order valence-corrected chi connectivity index (χ4v) is 3.94. The molecule has 1 amide bonds. The lowest BCUT2D eigenvalue weighted by molar-refractivity contribution is 0.0789. The van der Waals surface area contributed by atoms with Crippen molar-refractivity contribution in [3.05, 3.63) is 42.7 Å². The first-order valence-corrected chi connectivity index (χ1v) is 8.21. The zero-order valence-corrected chi connectivity index (χ0v) is 13.5. The first-order chi connectivity index (χ1) is 8.61. The number of thiophene rings is 2. The van der Waals surface area contributed by atoms with Gasteiger partial charge in [0.1, 0.15) is 0 Å². The highest BCUT2D eigenvalue weighted by Crippen LogP contribution is 2.23. The van der Waals surface area contributed by atoms with Crippen molar-refractivity contribution in [1.82, 2.24) is 4.90 Å². The topological polar surface area (TPSA) is 20.3 Å². The summed E-state index contributed by atoms with van der Waals surface area (Å²) in [5.74, 6) is 0.115. The van der Waals surface area contributed by atoms with E-state index >= 15 is 0 Å². The van der Waals surface area contributed by atoms with Crippen LogP contribution in [0.3, 0.4) is 0 Å². The number of halogens is 1. The maximum atomic E-state index is 12.3. The molecule has 0 unspecified atom stereocenters. The van der Waals surface area contributed by atoms with Crippen molar-refractivity contribution in [3.63, 3.8) is 0 Å². The van der Waals surface area contributed by atoms with Crippen LogP contribution in [-0.4, -0.2) is 17.9 Å². The Balaban J connectivity index is 2.09. The maximum absolute atomic E-state index is 12.3. The van der Waals surface area contributed by atoms with E-state index in [2.05, 4.69) is 34.3 Å². The Bertz CT molecular complexity index is 547. The molecular weight excluding hydrogens is 330 g/mol. The van der Waals surface area contributed by atoms with Crippen molar-refractivity contribution in [2.75, 3.05) is 7.05 Å². The van der Waals surface area contributed by atoms with Gasteiger partial charge in [-0.2, -0.15) is 0 Å². The van der Waals surface area contributed by atoms with Gasteiger partial charge in [0.05, 0.1) is 8.66 Å². The molecule has 2 aromatic rings. The molecule has 0 spiro atoms. The quantitative estimate of drug-likeness (QED) is 0.805. The molecule has 0 aliphatic carbocycles. The van der Waals surface area contributed by atoms with Gasteiger partial charge in [-0.05, 0) is 56.4 Å². The lowest BCUT2D eigenvalue weighted by Gasteiger charge is -2.16. The fraction of sp³-hybridized carbons (Fsp3) is 0.308. The third-order valence-electron chi connectivity index (χ3n) is 2.71. The van der Waals surface area contributed by atoms with E-state index in [9.17, 15) is 4.79 Å². The van der Waals surface area contributed by atoms with Gasteiger partial charge in [-0.1, -0.05) is 6.92 Å². The van der Waals surface area contributed by atoms with E-state index in [-0.39, 0.29) is 5.91 Å². The summed E-state index contributed by atoms with van der Waals surface area (Å²) in [4.78, 5) is 15.0. The lowest BCUT2D eigenvalue weighted by atomic mass is 10.2. The molecule has 0 fully saturated rings. The third kappa shape index (κ3) is 3.02. The van der Waals surface area contributed by atoms with Gasteiger partial charge in [-0.3, -0.25) is 4.79 Å². The van der Waals surface area contributed by atoms with E-state index in [1.165, 1.54) is 11.3 Å². The van der Waals surface area contributed by atoms with E-state index in [0.29, 0.717) is 6.54 Å². The largest absolute Gasteiger partial charge is 0.337 e. The Morgan fingerprint density at radius 1 is 1.44 bits per heavy atom. The standard InChI is InChI=1S/C13H14BrNOS2/c1-3-10-4-5-17-12(10)13(16)15(2)7-9-6-11(14)18-8-9/h4-6,8H,3,7H2,1-2H3. The van der Waals surface area contributed by atoms with Crippen molar-refractivity contribution in [2.24, 2.45) is 0 Å². The van der Waals surface area contributed by atoms with Crippen molar-refractivity contribution >= 4 is 44.5 Å². The van der Waals surface area contributed by atoms with Crippen LogP contribution in [0.2, 0.25) is 0 Å². The van der Waals surface area contributed by atoms with Crippen LogP contribution in [0.15, 0.2) is 26.7 Å². The van der Waals surface area contributed by atoms with Crippen LogP contribution in [0, 0.1) is 0 Å². The monoisotopic (exact) mass is 343 g/mol. The molecule has 0 radical (unpaired) electrons. The van der Waals surface area contributed by atoms with Gasteiger partial charge in [-0.25, -0.2) is 0 Å². The second-order valence-corrected chi connectivity index (χ2v) is 7.26. The number of rotatable bonds is 4. The van der Waals surface area contributed by atoms with Crippen molar-refractivity contribution < 1.29 is 4.79 Å². The molecule has 2 nitrogen and oxygen atoms in total. The zero-order valence-electron chi connectivity index (χ0n) is 10.3. The summed E-state index contributed by atoms with van der Waals surface area (Å²) < 4.78 is 1.10. The van der Waals surface area contributed by atoms with Gasteiger partial charge in [0.2, 0.25) is 0 Å². The third-order valence-corrected chi connectivity index (χ3v) is 5.21. The van der Waals surface area contributed by atoms with Crippen molar-refractivity contribution in [1.29, 1.82) is 0 Å². The summed E-state index contributed by atoms with van der Waals surface area (Å²) in [5, 5.41) is 4.06. The molecule has 18 heavy (non-hydrogen) atoms. The van der Waals surface area contributed by atoms with Gasteiger partial charge in [0, 0.05) is 13.6 Å². The van der Waals surface area contributed by atoms with E-state index in [1.54, 1.807) is 16.2 Å². The van der Waals surface area contributed by atoms with Gasteiger partial charge >= 0.3 is 0 Å². The van der Waals surface area contributed by atoms with Crippen LogP contribution in [0.25, 0.3) is 0 Å². The number of hydrogen-bond acceptors (Lipinski definition) is 3. The normalized spacial score (nSPS) is 10.6. The van der Waals surface area contributed by atoms with Crippen LogP contribution >= 0.6 is 38.6 Å². The SMILES string of the molecule is CCc1ccsc1C(=O)N(C)Cc1csc(Br)c1. The molecule has 0 bridgehead atoms. The predicted molar refractivity (Wildman–Crippen MR) is 81.5 cm³/mol. The molecular formula is C13H14BrNOS2. The minimum absolute atomic E-state index is 0.115. The minimum Gasteiger partial charge on any atom is -0.337 e. The van der Waals surface area contributed by atoms with Crippen molar-refractivity contribution in [3.8, 4) is 0 Å². The molecule has 5 heteroatoms. The fourth-order valence-electron chi connectivity index (χ4n) is 1.75. The number of nitrogens with zero attached hydrogens (tertiary/aromatic N) is 1. The average Bonchev–Trinajstić information content (AvgIpc) is 2.96. The Labute approximate surface area is 123 Å². The summed E-state index contributed by atoms with van der Waals surface area (Å²) >= 11 is 6.61. The molecule has 96 valence electrons. The second kappa shape index (κ2) is 5.99. The number of carbonyl (C=O) groups is 1. The smallest absolute Gasteiger partial charge is 0.264 e. The van der Waals surface area contributed by atoms with Gasteiger partial charge in [0.15, 0.2) is 0 Å². The van der Waals surface area contributed by atoms with E-state index in [1.807, 2.05) is 18.5 Å². The number of aryl methyl sites for hydroxylation is 1. The molecule has 0 saturated carbocycles. The summed E-state index contributed by atoms with van der Waals surface area (Å²) in [6.45, 7) is 2.73. The predicted octanol–water partition coefficient (Wildman–Crippen LogP) is 4.41. The summed E-state index contributed by atoms with van der Waals surface area (Å²) in [7, 11) is 1.85. The van der Waals surface area contributed by atoms with E-state index in [0.717, 1.165) is 26.2 Å². The number of hydrogen-bond donors (Lipinski definition) is 0. The van der Waals surface area contributed by atoms with Crippen LogP contribution < -0.4 is 0 Å². The van der Waals surface area contributed by atoms with Crippen molar-refractivity contribution in [2.45, 2.75) is 19.9 Å². The minimum atomic E-state index is 0.115. The average molecular weight is 344 g/mol. The summed E-state index contributed by atoms with van der Waals surface area (Å²) in [5.41, 5.74) is 2.31. The van der Waals surface area contributed by atoms with Crippen LogP contribution in [0.4, 0.5) is 0 Å². The second-order valence-electron chi connectivity index (χ2n) is 4.05. The highest BCUT2D eigenvalue weighted by Gasteiger charge is 2.16. The Hall–Kier alpha value is -0.650. The first-order valence-electron chi connectivity index (χ1n) is 5.66. The van der Waals surface area contributed by atoms with Crippen LogP contribution in [0.5, 0.6) is 0 Å². The van der Waals surface area contributed by atoms with Gasteiger partial charge in [0.25, 0.3) is 5.91 Å². The molecule has 2 aromatic heterocycles. The Morgan fingerprint density at radius 3 is 2.83 bits per heavy atom. The van der Waals surface area contributed by atoms with E-state index in [4.69, 9.17) is 0 Å². The van der Waals surface area contributed by atoms with Crippen LogP contribution in [0.1, 0.15) is 27.7 Å². The molecule has 0 atom stereocenters. The molecule has 2 heterocycles. The summed E-state index contributed by atoms with van der Waals surface area (Å²) in [6, 6.07) is 4.09. The highest BCUT2D eigenvalue weighted by atomic mass is 79.9. The Morgan fingerprint density at radius 2 is 2.22 bits per heavy atom. The van der Waals surface area contributed by atoms with Gasteiger partial charge < -0.3 is 4.90 Å². The summed E-state index contributed by atoms with van der Waals surface area (Å²) in [6.07, 6.45) is 0.905. The van der Waals surface area contributed by atoms with Gasteiger partial charge in [-0.15, -0.1) is 22.7 Å². The molecule has 0 aromatic carbocycles. The molecule has 0 N–H and O–H groups in total. The first kappa shape index (κ1) is 13.8.